The van der Waals surface area contributed by atoms with Gasteiger partial charge >= 0.3 is 0 Å². The van der Waals surface area contributed by atoms with Crippen LogP contribution in [0.4, 0.5) is 5.82 Å². The van der Waals surface area contributed by atoms with Gasteiger partial charge in [0.2, 0.25) is 0 Å². The van der Waals surface area contributed by atoms with E-state index in [0.717, 1.165) is 56.0 Å². The average Bonchev–Trinajstić information content (AvgIpc) is 2.93. The number of fused-ring (bicyclic) bond motifs is 2. The number of carbonyl (C=O) groups is 1. The molecule has 2 aromatic rings. The van der Waals surface area contributed by atoms with Gasteiger partial charge in [-0.3, -0.25) is 4.79 Å². The zero-order valence-corrected chi connectivity index (χ0v) is 19.7. The summed E-state index contributed by atoms with van der Waals surface area (Å²) in [5.41, 5.74) is 5.84. The number of hydrogen-bond donors (Lipinski definition) is 0. The Labute approximate surface area is 191 Å². The van der Waals surface area contributed by atoms with Crippen LogP contribution in [0, 0.1) is 0 Å². The van der Waals surface area contributed by atoms with E-state index in [2.05, 4.69) is 59.8 Å². The standard InChI is InChI=1S/C26H34N4O2/c1-18(2)28-9-7-20-6-5-19(11-21(20)8-10-28)14-29-15-22-12-24(27-13-23(22)25(29)31)30-16-26(3,17-30)32-4/h5-6,11-13,18H,7-10,14-17H2,1-4H3. The highest BCUT2D eigenvalue weighted by Crippen LogP contribution is 2.32. The predicted molar refractivity (Wildman–Crippen MR) is 126 cm³/mol. The van der Waals surface area contributed by atoms with E-state index in [-0.39, 0.29) is 11.5 Å². The minimum Gasteiger partial charge on any atom is -0.375 e. The maximum absolute atomic E-state index is 13.0. The van der Waals surface area contributed by atoms with Gasteiger partial charge in [-0.1, -0.05) is 18.2 Å². The first-order valence-electron chi connectivity index (χ1n) is 11.8. The van der Waals surface area contributed by atoms with Crippen molar-refractivity contribution in [3.05, 3.63) is 58.3 Å². The Hall–Kier alpha value is -2.44. The first-order chi connectivity index (χ1) is 15.3. The number of nitrogens with zero attached hydrogens (tertiary/aromatic N) is 4. The van der Waals surface area contributed by atoms with Gasteiger partial charge in [-0.15, -0.1) is 0 Å². The third-order valence-corrected chi connectivity index (χ3v) is 7.43. The third-order valence-electron chi connectivity index (χ3n) is 7.43. The van der Waals surface area contributed by atoms with Crippen LogP contribution < -0.4 is 4.90 Å². The van der Waals surface area contributed by atoms with E-state index in [1.807, 2.05) is 4.90 Å². The van der Waals surface area contributed by atoms with Crippen molar-refractivity contribution in [2.45, 2.75) is 58.3 Å². The molecule has 4 heterocycles. The molecule has 0 unspecified atom stereocenters. The van der Waals surface area contributed by atoms with E-state index in [0.29, 0.717) is 19.1 Å². The number of anilines is 1. The van der Waals surface area contributed by atoms with E-state index in [1.54, 1.807) is 13.3 Å². The Balaban J connectivity index is 1.27. The monoisotopic (exact) mass is 434 g/mol. The Kier molecular flexibility index (Phi) is 5.46. The predicted octanol–water partition coefficient (Wildman–Crippen LogP) is 3.27. The molecule has 0 saturated carbocycles. The Morgan fingerprint density at radius 1 is 1.09 bits per heavy atom. The molecule has 1 aromatic carbocycles. The third kappa shape index (κ3) is 3.90. The molecule has 32 heavy (non-hydrogen) atoms. The molecule has 6 nitrogen and oxygen atoms in total. The van der Waals surface area contributed by atoms with Crippen molar-refractivity contribution in [2.24, 2.45) is 0 Å². The lowest BCUT2D eigenvalue weighted by Crippen LogP contribution is -2.61. The Bertz CT molecular complexity index is 1030. The highest BCUT2D eigenvalue weighted by Gasteiger charge is 2.40. The summed E-state index contributed by atoms with van der Waals surface area (Å²) in [7, 11) is 1.76. The van der Waals surface area contributed by atoms with Gasteiger partial charge in [0.15, 0.2) is 0 Å². The maximum atomic E-state index is 13.0. The van der Waals surface area contributed by atoms with Crippen LogP contribution in [0.25, 0.3) is 0 Å². The number of benzene rings is 1. The molecule has 3 aliphatic rings. The minimum atomic E-state index is -0.0971. The topological polar surface area (TPSA) is 48.9 Å². The fourth-order valence-electron chi connectivity index (χ4n) is 5.24. The molecule has 0 radical (unpaired) electrons. The van der Waals surface area contributed by atoms with E-state index in [9.17, 15) is 4.79 Å². The molecule has 5 rings (SSSR count). The van der Waals surface area contributed by atoms with E-state index >= 15 is 0 Å². The number of pyridine rings is 1. The molecule has 3 aliphatic heterocycles. The SMILES string of the molecule is COC1(C)CN(c2cc3c(cn2)C(=O)N(Cc2ccc4c(c2)CCN(C(C)C)CC4)C3)C1. The molecule has 170 valence electrons. The second-order valence-corrected chi connectivity index (χ2v) is 10.1. The molecule has 0 spiro atoms. The van der Waals surface area contributed by atoms with Crippen LogP contribution in [-0.2, 0) is 30.7 Å². The zero-order valence-electron chi connectivity index (χ0n) is 19.7. The van der Waals surface area contributed by atoms with Crippen molar-refractivity contribution < 1.29 is 9.53 Å². The lowest BCUT2D eigenvalue weighted by molar-refractivity contribution is -0.0171. The normalized spacial score (nSPS) is 20.2. The van der Waals surface area contributed by atoms with Crippen molar-refractivity contribution in [1.82, 2.24) is 14.8 Å². The summed E-state index contributed by atoms with van der Waals surface area (Å²) in [6, 6.07) is 9.47. The maximum Gasteiger partial charge on any atom is 0.256 e. The lowest BCUT2D eigenvalue weighted by Gasteiger charge is -2.47. The van der Waals surface area contributed by atoms with E-state index in [1.165, 1.54) is 16.7 Å². The largest absolute Gasteiger partial charge is 0.375 e. The van der Waals surface area contributed by atoms with Crippen molar-refractivity contribution in [2.75, 3.05) is 38.2 Å². The highest BCUT2D eigenvalue weighted by molar-refractivity contribution is 5.98. The van der Waals surface area contributed by atoms with Crippen LogP contribution in [0.1, 0.15) is 53.4 Å². The highest BCUT2D eigenvalue weighted by atomic mass is 16.5. The van der Waals surface area contributed by atoms with Crippen molar-refractivity contribution >= 4 is 11.7 Å². The van der Waals surface area contributed by atoms with Gasteiger partial charge in [0.1, 0.15) is 5.82 Å². The number of carbonyl (C=O) groups excluding carboxylic acids is 1. The van der Waals surface area contributed by atoms with Gasteiger partial charge in [-0.2, -0.15) is 0 Å². The quantitative estimate of drug-likeness (QED) is 0.723. The van der Waals surface area contributed by atoms with Crippen molar-refractivity contribution in [1.29, 1.82) is 0 Å². The van der Waals surface area contributed by atoms with Crippen LogP contribution >= 0.6 is 0 Å². The molecular formula is C26H34N4O2. The Morgan fingerprint density at radius 2 is 1.84 bits per heavy atom. The second-order valence-electron chi connectivity index (χ2n) is 10.1. The second kappa shape index (κ2) is 8.16. The van der Waals surface area contributed by atoms with Gasteiger partial charge in [-0.25, -0.2) is 4.98 Å². The molecule has 0 aliphatic carbocycles. The summed E-state index contributed by atoms with van der Waals surface area (Å²) in [5.74, 6) is 1.03. The summed E-state index contributed by atoms with van der Waals surface area (Å²) < 4.78 is 5.55. The minimum absolute atomic E-state index is 0.0883. The number of amides is 1. The van der Waals surface area contributed by atoms with E-state index in [4.69, 9.17) is 4.74 Å². The van der Waals surface area contributed by atoms with Crippen LogP contribution in [0.3, 0.4) is 0 Å². The van der Waals surface area contributed by atoms with Gasteiger partial charge in [0.25, 0.3) is 5.91 Å². The fourth-order valence-corrected chi connectivity index (χ4v) is 5.24. The van der Waals surface area contributed by atoms with Crippen LogP contribution in [-0.4, -0.2) is 65.6 Å². The molecule has 1 fully saturated rings. The first kappa shape index (κ1) is 21.4. The summed E-state index contributed by atoms with van der Waals surface area (Å²) in [4.78, 5) is 24.3. The molecule has 1 amide bonds. The number of ether oxygens (including phenoxy) is 1. The fraction of sp³-hybridized carbons (Fsp3) is 0.538. The van der Waals surface area contributed by atoms with Crippen LogP contribution in [0.5, 0.6) is 0 Å². The molecule has 6 heteroatoms. The van der Waals surface area contributed by atoms with Gasteiger partial charge < -0.3 is 19.4 Å². The molecular weight excluding hydrogens is 400 g/mol. The summed E-state index contributed by atoms with van der Waals surface area (Å²) in [6.07, 6.45) is 3.95. The summed E-state index contributed by atoms with van der Waals surface area (Å²) in [5, 5.41) is 0. The molecule has 0 N–H and O–H groups in total. The summed E-state index contributed by atoms with van der Waals surface area (Å²) >= 11 is 0. The van der Waals surface area contributed by atoms with Crippen LogP contribution in [0.15, 0.2) is 30.5 Å². The number of rotatable bonds is 5. The zero-order chi connectivity index (χ0) is 22.5. The van der Waals surface area contributed by atoms with Crippen LogP contribution in [0.2, 0.25) is 0 Å². The van der Waals surface area contributed by atoms with Gasteiger partial charge in [-0.05, 0) is 61.9 Å². The lowest BCUT2D eigenvalue weighted by atomic mass is 9.96. The first-order valence-corrected chi connectivity index (χ1v) is 11.8. The van der Waals surface area contributed by atoms with Gasteiger partial charge in [0.05, 0.1) is 11.2 Å². The molecule has 0 atom stereocenters. The summed E-state index contributed by atoms with van der Waals surface area (Å²) in [6.45, 7) is 11.9. The van der Waals surface area contributed by atoms with E-state index < -0.39 is 0 Å². The average molecular weight is 435 g/mol. The van der Waals surface area contributed by atoms with Crippen molar-refractivity contribution in [3.63, 3.8) is 0 Å². The smallest absolute Gasteiger partial charge is 0.256 e. The molecule has 1 saturated heterocycles. The Morgan fingerprint density at radius 3 is 2.56 bits per heavy atom. The van der Waals surface area contributed by atoms with Crippen molar-refractivity contribution in [3.8, 4) is 0 Å². The molecule has 1 aromatic heterocycles. The number of hydrogen-bond acceptors (Lipinski definition) is 5. The van der Waals surface area contributed by atoms with Gasteiger partial charge in [0, 0.05) is 58.6 Å². The number of methoxy groups -OCH3 is 1. The number of aromatic nitrogens is 1. The molecule has 0 bridgehead atoms.